The van der Waals surface area contributed by atoms with Crippen LogP contribution in [0.4, 0.5) is 5.13 Å². The maximum atomic E-state index is 12.7. The van der Waals surface area contributed by atoms with Gasteiger partial charge < -0.3 is 10.6 Å². The number of hydrogen-bond acceptors (Lipinski definition) is 6. The van der Waals surface area contributed by atoms with Crippen molar-refractivity contribution >= 4 is 47.2 Å². The number of carbonyl (C=O) groups excluding carboxylic acids is 1. The molecule has 0 saturated heterocycles. The molecular weight excluding hydrogens is 443 g/mol. The van der Waals surface area contributed by atoms with Gasteiger partial charge in [0.15, 0.2) is 5.13 Å². The van der Waals surface area contributed by atoms with E-state index in [2.05, 4.69) is 49.9 Å². The van der Waals surface area contributed by atoms with E-state index in [-0.39, 0.29) is 30.7 Å². The van der Waals surface area contributed by atoms with Crippen LogP contribution in [0.3, 0.4) is 0 Å². The smallest absolute Gasteiger partial charge is 0.247 e. The molecule has 0 spiro atoms. The highest BCUT2D eigenvalue weighted by Gasteiger charge is 2.24. The molecule has 1 atom stereocenters. The molecule has 0 aliphatic carbocycles. The molecule has 0 fully saturated rings. The highest BCUT2D eigenvalue weighted by Crippen LogP contribution is 2.29. The third-order valence-electron chi connectivity index (χ3n) is 4.90. The van der Waals surface area contributed by atoms with Crippen LogP contribution in [0.1, 0.15) is 27.7 Å². The second-order valence-electron chi connectivity index (χ2n) is 6.99. The number of thiazole rings is 1. The van der Waals surface area contributed by atoms with Crippen molar-refractivity contribution in [1.82, 2.24) is 25.0 Å². The molecule has 0 saturated carbocycles. The van der Waals surface area contributed by atoms with Crippen molar-refractivity contribution in [3.63, 3.8) is 0 Å². The minimum Gasteiger partial charge on any atom is -0.305 e. The second kappa shape index (κ2) is 10.9. The first-order chi connectivity index (χ1) is 13.6. The normalized spacial score (nSPS) is 14.2. The van der Waals surface area contributed by atoms with Gasteiger partial charge >= 0.3 is 0 Å². The zero-order chi connectivity index (χ0) is 19.5. The number of hydrogen-bond donors (Lipinski definition) is 2. The van der Waals surface area contributed by atoms with Gasteiger partial charge in [-0.25, -0.2) is 4.98 Å². The zero-order valence-electron chi connectivity index (χ0n) is 16.9. The van der Waals surface area contributed by atoms with E-state index >= 15 is 0 Å². The van der Waals surface area contributed by atoms with Gasteiger partial charge in [0.25, 0.3) is 0 Å². The van der Waals surface area contributed by atoms with Crippen LogP contribution >= 0.6 is 36.2 Å². The van der Waals surface area contributed by atoms with E-state index in [0.717, 1.165) is 37.3 Å². The molecule has 30 heavy (non-hydrogen) atoms. The molecule has 3 heterocycles. The Hall–Kier alpha value is -1.97. The van der Waals surface area contributed by atoms with E-state index in [1.165, 1.54) is 10.4 Å². The topological polar surface area (TPSA) is 75.1 Å². The molecular formula is C20H26Cl2N6OS. The number of rotatable bonds is 6. The summed E-state index contributed by atoms with van der Waals surface area (Å²) in [4.78, 5) is 21.0. The van der Waals surface area contributed by atoms with Gasteiger partial charge in [-0.2, -0.15) is 5.10 Å². The summed E-state index contributed by atoms with van der Waals surface area (Å²) in [7, 11) is 3.61. The number of benzene rings is 1. The number of aryl methyl sites for hydroxylation is 1. The molecule has 2 aromatic heterocycles. The molecule has 162 valence electrons. The monoisotopic (exact) mass is 468 g/mol. The Kier molecular flexibility index (Phi) is 8.81. The summed E-state index contributed by atoms with van der Waals surface area (Å²) in [5.41, 5.74) is 3.25. The molecule has 1 amide bonds. The van der Waals surface area contributed by atoms with Crippen LogP contribution in [-0.2, 0) is 31.4 Å². The van der Waals surface area contributed by atoms with Crippen molar-refractivity contribution in [2.45, 2.75) is 25.6 Å². The lowest BCUT2D eigenvalue weighted by Gasteiger charge is -2.25. The van der Waals surface area contributed by atoms with Crippen LogP contribution in [0.5, 0.6) is 0 Å². The summed E-state index contributed by atoms with van der Waals surface area (Å²) >= 11 is 1.57. The summed E-state index contributed by atoms with van der Waals surface area (Å²) in [5, 5.41) is 10.8. The van der Waals surface area contributed by atoms with Crippen molar-refractivity contribution in [3.05, 3.63) is 64.4 Å². The Morgan fingerprint density at radius 1 is 1.27 bits per heavy atom. The highest BCUT2D eigenvalue weighted by molar-refractivity contribution is 7.15. The minimum absolute atomic E-state index is 0. The Morgan fingerprint density at radius 2 is 2.03 bits per heavy atom. The fraction of sp³-hybridized carbons (Fsp3) is 0.350. The van der Waals surface area contributed by atoms with Crippen molar-refractivity contribution in [1.29, 1.82) is 0 Å². The van der Waals surface area contributed by atoms with Gasteiger partial charge in [0, 0.05) is 49.7 Å². The average Bonchev–Trinajstić information content (AvgIpc) is 3.28. The first-order valence-corrected chi connectivity index (χ1v) is 10.2. The number of likely N-dealkylation sites (N-methyl/N-ethyl adjacent to an activating group) is 1. The number of carbonyl (C=O) groups is 1. The molecule has 2 N–H and O–H groups in total. The first-order valence-electron chi connectivity index (χ1n) is 9.34. The van der Waals surface area contributed by atoms with Crippen molar-refractivity contribution in [2.24, 2.45) is 7.05 Å². The molecule has 1 aliphatic heterocycles. The van der Waals surface area contributed by atoms with Crippen molar-refractivity contribution < 1.29 is 4.79 Å². The number of nitrogens with zero attached hydrogens (tertiary/aromatic N) is 4. The number of aromatic nitrogens is 3. The Morgan fingerprint density at radius 3 is 2.70 bits per heavy atom. The lowest BCUT2D eigenvalue weighted by atomic mass is 10.1. The van der Waals surface area contributed by atoms with Crippen molar-refractivity contribution in [2.75, 3.05) is 18.9 Å². The van der Waals surface area contributed by atoms with E-state index < -0.39 is 6.04 Å². The fourth-order valence-electron chi connectivity index (χ4n) is 3.49. The van der Waals surface area contributed by atoms with E-state index in [1.54, 1.807) is 29.3 Å². The van der Waals surface area contributed by atoms with Crippen LogP contribution < -0.4 is 10.6 Å². The summed E-state index contributed by atoms with van der Waals surface area (Å²) in [6.45, 7) is 2.78. The summed E-state index contributed by atoms with van der Waals surface area (Å²) in [6.07, 6.45) is 4.46. The van der Waals surface area contributed by atoms with E-state index in [1.807, 2.05) is 19.3 Å². The fourth-order valence-corrected chi connectivity index (χ4v) is 4.55. The number of nitrogens with one attached hydrogen (secondary N) is 2. The van der Waals surface area contributed by atoms with Gasteiger partial charge in [-0.15, -0.1) is 36.2 Å². The van der Waals surface area contributed by atoms with Crippen molar-refractivity contribution in [3.8, 4) is 0 Å². The van der Waals surface area contributed by atoms with Crippen LogP contribution in [-0.4, -0.2) is 39.2 Å². The Labute approximate surface area is 192 Å². The van der Waals surface area contributed by atoms with E-state index in [9.17, 15) is 4.79 Å². The predicted octanol–water partition coefficient (Wildman–Crippen LogP) is 3.18. The standard InChI is InChI=1S/C20H24N6OS.2ClH/c1-21-18(15-10-22-25(2)12-15)19(27)24-20-23-16-8-9-26(13-17(16)28-20)11-14-6-4-3-5-7-14;;/h3-7,10,12,18,21H,8-9,11,13H2,1-2H3,(H,23,24,27);2*1H. The van der Waals surface area contributed by atoms with Crippen LogP contribution in [0.25, 0.3) is 0 Å². The zero-order valence-corrected chi connectivity index (χ0v) is 19.3. The van der Waals surface area contributed by atoms with Crippen LogP contribution in [0.2, 0.25) is 0 Å². The van der Waals surface area contributed by atoms with Crippen LogP contribution in [0.15, 0.2) is 42.7 Å². The maximum Gasteiger partial charge on any atom is 0.247 e. The van der Waals surface area contributed by atoms with Gasteiger partial charge in [0.2, 0.25) is 5.91 Å². The largest absolute Gasteiger partial charge is 0.305 e. The van der Waals surface area contributed by atoms with Gasteiger partial charge in [-0.1, -0.05) is 30.3 Å². The average molecular weight is 469 g/mol. The molecule has 7 nitrogen and oxygen atoms in total. The third-order valence-corrected chi connectivity index (χ3v) is 5.90. The summed E-state index contributed by atoms with van der Waals surface area (Å²) in [5.74, 6) is -0.122. The number of fused-ring (bicyclic) bond motifs is 1. The highest BCUT2D eigenvalue weighted by atomic mass is 35.5. The van der Waals surface area contributed by atoms with Gasteiger partial charge in [0.05, 0.1) is 11.9 Å². The Bertz CT molecular complexity index is 961. The number of amides is 1. The van der Waals surface area contributed by atoms with Gasteiger partial charge in [-0.3, -0.25) is 14.4 Å². The lowest BCUT2D eigenvalue weighted by molar-refractivity contribution is -0.118. The Balaban J connectivity index is 0.00000160. The summed E-state index contributed by atoms with van der Waals surface area (Å²) < 4.78 is 1.69. The molecule has 1 aromatic carbocycles. The number of anilines is 1. The predicted molar refractivity (Wildman–Crippen MR) is 125 cm³/mol. The second-order valence-corrected chi connectivity index (χ2v) is 8.08. The van der Waals surface area contributed by atoms with E-state index in [0.29, 0.717) is 5.13 Å². The third kappa shape index (κ3) is 5.59. The molecule has 4 rings (SSSR count). The number of halogens is 2. The summed E-state index contributed by atoms with van der Waals surface area (Å²) in [6, 6.07) is 10.1. The van der Waals surface area contributed by atoms with E-state index in [4.69, 9.17) is 0 Å². The first kappa shape index (κ1) is 24.3. The van der Waals surface area contributed by atoms with Crippen LogP contribution in [0, 0.1) is 0 Å². The molecule has 3 aromatic rings. The maximum absolute atomic E-state index is 12.7. The van der Waals surface area contributed by atoms with Gasteiger partial charge in [0.1, 0.15) is 6.04 Å². The molecule has 1 aliphatic rings. The molecule has 1 unspecified atom stereocenters. The molecule has 0 bridgehead atoms. The van der Waals surface area contributed by atoms with Gasteiger partial charge in [-0.05, 0) is 12.6 Å². The lowest BCUT2D eigenvalue weighted by Crippen LogP contribution is -2.30. The molecule has 0 radical (unpaired) electrons. The molecule has 10 heteroatoms. The SMILES string of the molecule is CNC(C(=O)Nc1nc2c(s1)CN(Cc1ccccc1)CC2)c1cnn(C)c1.Cl.Cl. The minimum atomic E-state index is -0.454. The quantitative estimate of drug-likeness (QED) is 0.580.